The molecule has 0 unspecified atom stereocenters. The van der Waals surface area contributed by atoms with Crippen molar-refractivity contribution in [2.75, 3.05) is 0 Å². The molecule has 2 heterocycles. The second-order valence-corrected chi connectivity index (χ2v) is 5.73. The van der Waals surface area contributed by atoms with E-state index in [4.69, 9.17) is 12.2 Å². The van der Waals surface area contributed by atoms with Gasteiger partial charge in [-0.3, -0.25) is 5.10 Å². The fourth-order valence-corrected chi connectivity index (χ4v) is 2.87. The van der Waals surface area contributed by atoms with E-state index in [1.54, 1.807) is 11.3 Å². The molecule has 0 spiro atoms. The molecule has 92 valence electrons. The zero-order valence-electron chi connectivity index (χ0n) is 10.4. The van der Waals surface area contributed by atoms with Gasteiger partial charge in [0.2, 0.25) is 0 Å². The minimum atomic E-state index is 0.565. The standard InChI is InChI=1S/C12H17N3S2/c1-4-5-15-11(13-14-12(15)16)9-6-10(8(2)3)17-7-9/h6-8H,4-5H2,1-3H3,(H,14,16). The molecule has 2 aromatic heterocycles. The summed E-state index contributed by atoms with van der Waals surface area (Å²) in [5.41, 5.74) is 1.17. The van der Waals surface area contributed by atoms with Gasteiger partial charge in [-0.25, -0.2) is 0 Å². The van der Waals surface area contributed by atoms with E-state index in [1.807, 2.05) is 0 Å². The minimum absolute atomic E-state index is 0.565. The summed E-state index contributed by atoms with van der Waals surface area (Å²) in [7, 11) is 0. The van der Waals surface area contributed by atoms with Crippen LogP contribution in [0, 0.1) is 4.77 Å². The van der Waals surface area contributed by atoms with E-state index in [0.29, 0.717) is 10.7 Å². The maximum atomic E-state index is 5.24. The van der Waals surface area contributed by atoms with Crippen molar-refractivity contribution in [3.63, 3.8) is 0 Å². The molecule has 0 fully saturated rings. The molecule has 5 heteroatoms. The molecule has 0 atom stereocenters. The van der Waals surface area contributed by atoms with Crippen LogP contribution >= 0.6 is 23.6 Å². The number of nitrogens with one attached hydrogen (secondary N) is 1. The van der Waals surface area contributed by atoms with E-state index in [-0.39, 0.29) is 0 Å². The maximum Gasteiger partial charge on any atom is 0.195 e. The third-order valence-electron chi connectivity index (χ3n) is 2.65. The third kappa shape index (κ3) is 2.50. The van der Waals surface area contributed by atoms with Crippen LogP contribution in [0.25, 0.3) is 11.4 Å². The Balaban J connectivity index is 2.41. The summed E-state index contributed by atoms with van der Waals surface area (Å²) < 4.78 is 2.78. The highest BCUT2D eigenvalue weighted by Crippen LogP contribution is 2.29. The first kappa shape index (κ1) is 12.5. The van der Waals surface area contributed by atoms with Crippen molar-refractivity contribution in [2.45, 2.75) is 39.7 Å². The van der Waals surface area contributed by atoms with Crippen molar-refractivity contribution in [1.82, 2.24) is 14.8 Å². The predicted molar refractivity (Wildman–Crippen MR) is 75.1 cm³/mol. The molecule has 0 aliphatic heterocycles. The number of aromatic nitrogens is 3. The molecule has 0 aliphatic carbocycles. The molecule has 0 amide bonds. The molecular formula is C12H17N3S2. The zero-order chi connectivity index (χ0) is 12.4. The molecule has 0 saturated heterocycles. The number of hydrogen-bond acceptors (Lipinski definition) is 3. The number of rotatable bonds is 4. The summed E-state index contributed by atoms with van der Waals surface area (Å²) >= 11 is 7.03. The molecular weight excluding hydrogens is 250 g/mol. The van der Waals surface area contributed by atoms with Crippen LogP contribution in [0.5, 0.6) is 0 Å². The van der Waals surface area contributed by atoms with Crippen molar-refractivity contribution >= 4 is 23.6 Å². The van der Waals surface area contributed by atoms with Gasteiger partial charge in [0.05, 0.1) is 0 Å². The Labute approximate surface area is 111 Å². The molecule has 1 N–H and O–H groups in total. The summed E-state index contributed by atoms with van der Waals surface area (Å²) in [5.74, 6) is 1.52. The van der Waals surface area contributed by atoms with Gasteiger partial charge in [0.25, 0.3) is 0 Å². The van der Waals surface area contributed by atoms with Crippen LogP contribution in [0.2, 0.25) is 0 Å². The Morgan fingerprint density at radius 3 is 2.88 bits per heavy atom. The van der Waals surface area contributed by atoms with E-state index in [9.17, 15) is 0 Å². The molecule has 3 nitrogen and oxygen atoms in total. The minimum Gasteiger partial charge on any atom is -0.300 e. The van der Waals surface area contributed by atoms with Gasteiger partial charge >= 0.3 is 0 Å². The van der Waals surface area contributed by atoms with Gasteiger partial charge in [-0.15, -0.1) is 11.3 Å². The van der Waals surface area contributed by atoms with E-state index >= 15 is 0 Å². The van der Waals surface area contributed by atoms with Crippen LogP contribution in [-0.4, -0.2) is 14.8 Å². The van der Waals surface area contributed by atoms with E-state index < -0.39 is 0 Å². The predicted octanol–water partition coefficient (Wildman–Crippen LogP) is 4.20. The Morgan fingerprint density at radius 2 is 2.29 bits per heavy atom. The SMILES string of the molecule is CCCn1c(-c2csc(C(C)C)c2)n[nH]c1=S. The lowest BCUT2D eigenvalue weighted by Gasteiger charge is -2.02. The second kappa shape index (κ2) is 5.14. The quantitative estimate of drug-likeness (QED) is 0.842. The number of H-pyrrole nitrogens is 1. The van der Waals surface area contributed by atoms with E-state index in [0.717, 1.165) is 18.8 Å². The summed E-state index contributed by atoms with van der Waals surface area (Å²) in [5, 5.41) is 9.37. The van der Waals surface area contributed by atoms with Crippen LogP contribution in [-0.2, 0) is 6.54 Å². The Hall–Kier alpha value is -0.940. The normalized spacial score (nSPS) is 11.3. The first-order valence-electron chi connectivity index (χ1n) is 5.87. The number of nitrogens with zero attached hydrogens (tertiary/aromatic N) is 2. The highest BCUT2D eigenvalue weighted by Gasteiger charge is 2.11. The molecule has 0 radical (unpaired) electrons. The molecule has 17 heavy (non-hydrogen) atoms. The van der Waals surface area contributed by atoms with Gasteiger partial charge in [0.15, 0.2) is 10.6 Å². The molecule has 0 bridgehead atoms. The molecule has 0 aliphatic rings. The average Bonchev–Trinajstić information content (AvgIpc) is 2.87. The van der Waals surface area contributed by atoms with Crippen LogP contribution < -0.4 is 0 Å². The van der Waals surface area contributed by atoms with E-state index in [1.165, 1.54) is 10.4 Å². The van der Waals surface area contributed by atoms with Crippen LogP contribution in [0.3, 0.4) is 0 Å². The second-order valence-electron chi connectivity index (χ2n) is 4.40. The fourth-order valence-electron chi connectivity index (χ4n) is 1.74. The third-order valence-corrected chi connectivity index (χ3v) is 4.20. The van der Waals surface area contributed by atoms with Crippen molar-refractivity contribution in [3.05, 3.63) is 21.1 Å². The van der Waals surface area contributed by atoms with Gasteiger partial charge in [0.1, 0.15) is 0 Å². The first-order chi connectivity index (χ1) is 8.13. The number of thiophene rings is 1. The Kier molecular flexibility index (Phi) is 3.79. The van der Waals surface area contributed by atoms with E-state index in [2.05, 4.69) is 47.0 Å². The van der Waals surface area contributed by atoms with Crippen molar-refractivity contribution in [3.8, 4) is 11.4 Å². The lowest BCUT2D eigenvalue weighted by molar-refractivity contribution is 0.675. The summed E-state index contributed by atoms with van der Waals surface area (Å²) in [4.78, 5) is 1.39. The molecule has 0 aromatic carbocycles. The topological polar surface area (TPSA) is 33.6 Å². The summed E-state index contributed by atoms with van der Waals surface area (Å²) in [6, 6.07) is 2.21. The van der Waals surface area contributed by atoms with Crippen molar-refractivity contribution in [2.24, 2.45) is 0 Å². The Morgan fingerprint density at radius 1 is 1.53 bits per heavy atom. The molecule has 2 aromatic rings. The van der Waals surface area contributed by atoms with Crippen LogP contribution in [0.15, 0.2) is 11.4 Å². The highest BCUT2D eigenvalue weighted by molar-refractivity contribution is 7.71. The number of hydrogen-bond donors (Lipinski definition) is 1. The summed E-state index contributed by atoms with van der Waals surface area (Å²) in [6.07, 6.45) is 1.06. The van der Waals surface area contributed by atoms with Gasteiger partial charge in [-0.2, -0.15) is 5.10 Å². The first-order valence-corrected chi connectivity index (χ1v) is 7.16. The lowest BCUT2D eigenvalue weighted by atomic mass is 10.1. The highest BCUT2D eigenvalue weighted by atomic mass is 32.1. The largest absolute Gasteiger partial charge is 0.300 e. The van der Waals surface area contributed by atoms with Crippen molar-refractivity contribution in [1.29, 1.82) is 0 Å². The smallest absolute Gasteiger partial charge is 0.195 e. The van der Waals surface area contributed by atoms with Gasteiger partial charge < -0.3 is 4.57 Å². The van der Waals surface area contributed by atoms with Crippen molar-refractivity contribution < 1.29 is 0 Å². The number of aromatic amines is 1. The lowest BCUT2D eigenvalue weighted by Crippen LogP contribution is -1.99. The monoisotopic (exact) mass is 267 g/mol. The van der Waals surface area contributed by atoms with Crippen LogP contribution in [0.1, 0.15) is 38.0 Å². The maximum absolute atomic E-state index is 5.24. The molecule has 0 saturated carbocycles. The van der Waals surface area contributed by atoms with Crippen LogP contribution in [0.4, 0.5) is 0 Å². The molecule has 2 rings (SSSR count). The van der Waals surface area contributed by atoms with Gasteiger partial charge in [-0.1, -0.05) is 20.8 Å². The summed E-state index contributed by atoms with van der Waals surface area (Å²) in [6.45, 7) is 7.47. The van der Waals surface area contributed by atoms with Gasteiger partial charge in [0, 0.05) is 22.4 Å². The fraction of sp³-hybridized carbons (Fsp3) is 0.500. The Bertz CT molecular complexity index is 548. The zero-order valence-corrected chi connectivity index (χ0v) is 12.0. The van der Waals surface area contributed by atoms with Gasteiger partial charge in [-0.05, 0) is 30.6 Å². The average molecular weight is 267 g/mol.